The number of hydrogen-bond donors (Lipinski definition) is 1. The molecule has 0 saturated carbocycles. The third-order valence-corrected chi connectivity index (χ3v) is 7.50. The molecule has 0 unspecified atom stereocenters. The first-order chi connectivity index (χ1) is 19.5. The van der Waals surface area contributed by atoms with Crippen molar-refractivity contribution in [3.05, 3.63) is 104 Å². The molecule has 9 heteroatoms. The van der Waals surface area contributed by atoms with E-state index in [-0.39, 0.29) is 5.56 Å². The Morgan fingerprint density at radius 3 is 2.58 bits per heavy atom. The second-order valence-electron chi connectivity index (χ2n) is 10.1. The van der Waals surface area contributed by atoms with Gasteiger partial charge in [0.2, 0.25) is 11.7 Å². The molecule has 0 aliphatic carbocycles. The van der Waals surface area contributed by atoms with Crippen molar-refractivity contribution in [1.82, 2.24) is 20.0 Å². The molecule has 2 aliphatic heterocycles. The van der Waals surface area contributed by atoms with Gasteiger partial charge in [-0.1, -0.05) is 65.3 Å². The van der Waals surface area contributed by atoms with Crippen molar-refractivity contribution < 1.29 is 9.26 Å². The van der Waals surface area contributed by atoms with Gasteiger partial charge in [0.15, 0.2) is 0 Å². The second kappa shape index (κ2) is 11.6. The third-order valence-electron chi connectivity index (χ3n) is 7.19. The predicted octanol–water partition coefficient (Wildman–Crippen LogP) is 4.38. The number of benzene rings is 2. The molecule has 6 rings (SSSR count). The van der Waals surface area contributed by atoms with Gasteiger partial charge >= 0.3 is 0 Å². The summed E-state index contributed by atoms with van der Waals surface area (Å²) in [4.78, 5) is 23.5. The fourth-order valence-electron chi connectivity index (χ4n) is 5.11. The van der Waals surface area contributed by atoms with E-state index >= 15 is 0 Å². The van der Waals surface area contributed by atoms with Crippen LogP contribution in [-0.2, 0) is 11.3 Å². The zero-order valence-corrected chi connectivity index (χ0v) is 23.0. The van der Waals surface area contributed by atoms with E-state index in [9.17, 15) is 4.79 Å². The van der Waals surface area contributed by atoms with Gasteiger partial charge in [-0.3, -0.25) is 9.36 Å². The summed E-state index contributed by atoms with van der Waals surface area (Å²) in [5.74, 6) is 1.72. The highest BCUT2D eigenvalue weighted by atomic mass is 35.5. The van der Waals surface area contributed by atoms with Gasteiger partial charge in [0.1, 0.15) is 11.3 Å². The van der Waals surface area contributed by atoms with Crippen LogP contribution in [0.4, 0.5) is 0 Å². The predicted molar refractivity (Wildman–Crippen MR) is 154 cm³/mol. The Bertz CT molecular complexity index is 1740. The fraction of sp³-hybridized carbons (Fsp3) is 0.290. The van der Waals surface area contributed by atoms with Crippen LogP contribution in [0.5, 0.6) is 0 Å². The molecule has 40 heavy (non-hydrogen) atoms. The quantitative estimate of drug-likeness (QED) is 0.379. The summed E-state index contributed by atoms with van der Waals surface area (Å²) in [6.45, 7) is 3.60. The minimum absolute atomic E-state index is 0.157. The Hall–Kier alpha value is -4.01. The van der Waals surface area contributed by atoms with E-state index in [1.165, 1.54) is 0 Å². The molecule has 1 saturated heterocycles. The maximum atomic E-state index is 14.2. The van der Waals surface area contributed by atoms with E-state index in [0.29, 0.717) is 45.9 Å². The van der Waals surface area contributed by atoms with Crippen molar-refractivity contribution in [2.75, 3.05) is 13.2 Å². The molecule has 1 fully saturated rings. The molecule has 0 atom stereocenters. The number of nitrogens with one attached hydrogen (secondary N) is 1. The van der Waals surface area contributed by atoms with Gasteiger partial charge < -0.3 is 14.6 Å². The van der Waals surface area contributed by atoms with Crippen molar-refractivity contribution in [2.24, 2.45) is 4.99 Å². The first-order valence-electron chi connectivity index (χ1n) is 13.6. The highest BCUT2D eigenvalue weighted by Gasteiger charge is 2.18. The molecule has 0 spiro atoms. The second-order valence-corrected chi connectivity index (χ2v) is 10.5. The van der Waals surface area contributed by atoms with Gasteiger partial charge in [0.05, 0.1) is 6.54 Å². The molecule has 2 aromatic carbocycles. The van der Waals surface area contributed by atoms with Crippen LogP contribution in [-0.4, -0.2) is 34.0 Å². The number of aromatic nitrogens is 3. The minimum atomic E-state index is -0.157. The van der Waals surface area contributed by atoms with Crippen LogP contribution in [0.1, 0.15) is 37.1 Å². The highest BCUT2D eigenvalue weighted by Crippen LogP contribution is 2.29. The Balaban J connectivity index is 1.49. The summed E-state index contributed by atoms with van der Waals surface area (Å²) in [5.41, 5.74) is 3.38. The molecule has 2 aliphatic rings. The Labute approximate surface area is 236 Å². The number of aryl methyl sites for hydroxylation is 1. The number of allylic oxidation sites excluding steroid dienone is 1. The third kappa shape index (κ3) is 5.64. The Kier molecular flexibility index (Phi) is 7.62. The molecule has 2 aromatic heterocycles. The molecule has 4 aromatic rings. The first kappa shape index (κ1) is 26.2. The molecule has 0 bridgehead atoms. The summed E-state index contributed by atoms with van der Waals surface area (Å²) >= 11 is 6.78. The topological polar surface area (TPSA) is 94.5 Å². The maximum Gasteiger partial charge on any atom is 0.260 e. The monoisotopic (exact) mass is 555 g/mol. The number of nitrogens with zero attached hydrogens (tertiary/aromatic N) is 4. The van der Waals surface area contributed by atoms with Gasteiger partial charge in [0, 0.05) is 53.1 Å². The largest absolute Gasteiger partial charge is 0.381 e. The summed E-state index contributed by atoms with van der Waals surface area (Å²) in [6, 6.07) is 17.6. The van der Waals surface area contributed by atoms with Crippen molar-refractivity contribution in [3.63, 3.8) is 0 Å². The molecule has 8 nitrogen and oxygen atoms in total. The lowest BCUT2D eigenvalue weighted by Gasteiger charge is -2.24. The van der Waals surface area contributed by atoms with Crippen LogP contribution >= 0.6 is 11.6 Å². The van der Waals surface area contributed by atoms with Crippen LogP contribution in [0.25, 0.3) is 28.6 Å². The number of rotatable bonds is 6. The standard InChI is InChI=1S/C31H30ClN5O3/c1-20-33-29(36-40-20)22-11-12-25(27(32)18-22)26-17-23-9-5-6-10-28(34-24-13-15-39-16-14-24)35-30(23)37(31(26)38)19-21-7-3-2-4-8-21/h2-4,7-12,17-18,24,34H,5-6,13-16,19H2,1H3. The maximum absolute atomic E-state index is 14.2. The van der Waals surface area contributed by atoms with E-state index < -0.39 is 0 Å². The van der Waals surface area contributed by atoms with Gasteiger partial charge in [-0.2, -0.15) is 4.98 Å². The minimum Gasteiger partial charge on any atom is -0.381 e. The summed E-state index contributed by atoms with van der Waals surface area (Å²) in [7, 11) is 0. The number of ether oxygens (including phenoxy) is 1. The summed E-state index contributed by atoms with van der Waals surface area (Å²) < 4.78 is 12.4. The molecule has 204 valence electrons. The fourth-order valence-corrected chi connectivity index (χ4v) is 5.39. The zero-order valence-electron chi connectivity index (χ0n) is 22.3. The normalized spacial score (nSPS) is 15.7. The molecular formula is C31H30ClN5O3. The number of halogens is 1. The zero-order chi connectivity index (χ0) is 27.5. The summed E-state index contributed by atoms with van der Waals surface area (Å²) in [6.07, 6.45) is 7.80. The van der Waals surface area contributed by atoms with Gasteiger partial charge in [-0.15, -0.1) is 0 Å². The number of fused-ring (bicyclic) bond motifs is 1. The molecule has 1 N–H and O–H groups in total. The Morgan fingerprint density at radius 1 is 1.02 bits per heavy atom. The van der Waals surface area contributed by atoms with Crippen molar-refractivity contribution in [2.45, 2.75) is 45.2 Å². The van der Waals surface area contributed by atoms with E-state index in [1.807, 2.05) is 48.5 Å². The van der Waals surface area contributed by atoms with Crippen LogP contribution in [0.3, 0.4) is 0 Å². The SMILES string of the molecule is Cc1nc(-c2ccc(-c3cc4c(n(Cc5ccccc5)c3=O)=NC(NC3CCOCC3)=CCCC=4)c(Cl)c2)no1. The van der Waals surface area contributed by atoms with Crippen molar-refractivity contribution >= 4 is 17.7 Å². The lowest BCUT2D eigenvalue weighted by molar-refractivity contribution is 0.0802. The van der Waals surface area contributed by atoms with E-state index in [0.717, 1.165) is 61.1 Å². The van der Waals surface area contributed by atoms with E-state index in [1.54, 1.807) is 17.6 Å². The summed E-state index contributed by atoms with van der Waals surface area (Å²) in [5, 5.41) is 8.93. The van der Waals surface area contributed by atoms with Crippen LogP contribution < -0.4 is 21.6 Å². The van der Waals surface area contributed by atoms with Gasteiger partial charge in [0.25, 0.3) is 5.56 Å². The van der Waals surface area contributed by atoms with E-state index in [2.05, 4.69) is 27.6 Å². The Morgan fingerprint density at radius 2 is 1.82 bits per heavy atom. The number of pyridine rings is 1. The van der Waals surface area contributed by atoms with Crippen LogP contribution in [0.2, 0.25) is 5.02 Å². The van der Waals surface area contributed by atoms with Crippen LogP contribution in [0.15, 0.2) is 80.8 Å². The van der Waals surface area contributed by atoms with Crippen molar-refractivity contribution in [1.29, 1.82) is 0 Å². The number of hydrogen-bond acceptors (Lipinski definition) is 7. The molecule has 4 heterocycles. The van der Waals surface area contributed by atoms with E-state index in [4.69, 9.17) is 25.9 Å². The first-order valence-corrected chi connectivity index (χ1v) is 13.9. The lowest BCUT2D eigenvalue weighted by atomic mass is 10.0. The lowest BCUT2D eigenvalue weighted by Crippen LogP contribution is -2.45. The van der Waals surface area contributed by atoms with Gasteiger partial charge in [-0.25, -0.2) is 4.99 Å². The molecule has 0 radical (unpaired) electrons. The van der Waals surface area contributed by atoms with Crippen LogP contribution in [0, 0.1) is 6.92 Å². The average molecular weight is 556 g/mol. The average Bonchev–Trinajstić information content (AvgIpc) is 3.40. The highest BCUT2D eigenvalue weighted by molar-refractivity contribution is 6.33. The molecule has 0 amide bonds. The van der Waals surface area contributed by atoms with Gasteiger partial charge in [-0.05, 0) is 49.5 Å². The molecular weight excluding hydrogens is 526 g/mol. The smallest absolute Gasteiger partial charge is 0.260 e. The van der Waals surface area contributed by atoms with Crippen molar-refractivity contribution in [3.8, 4) is 22.5 Å².